The average Bonchev–Trinajstić information content (AvgIpc) is 2.63. The summed E-state index contributed by atoms with van der Waals surface area (Å²) in [4.78, 5) is 28.7. The van der Waals surface area contributed by atoms with E-state index in [1.54, 1.807) is 25.1 Å². The summed E-state index contributed by atoms with van der Waals surface area (Å²) in [7, 11) is 1.44. The van der Waals surface area contributed by atoms with Gasteiger partial charge in [0.25, 0.3) is 11.5 Å². The Hall–Kier alpha value is -3.68. The highest BCUT2D eigenvalue weighted by atomic mass is 19.1. The molecule has 7 nitrogen and oxygen atoms in total. The lowest BCUT2D eigenvalue weighted by atomic mass is 10.2. The number of nitrogens with one attached hydrogen (secondary N) is 1. The average molecular weight is 382 g/mol. The topological polar surface area (TPSA) is 99.2 Å². The molecule has 2 aromatic heterocycles. The predicted molar refractivity (Wildman–Crippen MR) is 104 cm³/mol. The highest BCUT2D eigenvalue weighted by Gasteiger charge is 2.21. The highest BCUT2D eigenvalue weighted by Crippen LogP contribution is 2.31. The van der Waals surface area contributed by atoms with E-state index in [0.717, 1.165) is 17.3 Å². The molecule has 8 heteroatoms. The van der Waals surface area contributed by atoms with Gasteiger partial charge >= 0.3 is 0 Å². The van der Waals surface area contributed by atoms with E-state index in [4.69, 9.17) is 10.5 Å². The maximum Gasteiger partial charge on any atom is 0.256 e. The smallest absolute Gasteiger partial charge is 0.256 e. The van der Waals surface area contributed by atoms with Crippen LogP contribution in [0, 0.1) is 19.7 Å². The molecule has 0 bridgehead atoms. The third-order valence-electron chi connectivity index (χ3n) is 4.14. The number of carbonyl (C=O) groups is 1. The fourth-order valence-corrected chi connectivity index (χ4v) is 2.63. The molecular weight excluding hydrogens is 363 g/mol. The third kappa shape index (κ3) is 3.85. The molecule has 2 heterocycles. The van der Waals surface area contributed by atoms with E-state index in [-0.39, 0.29) is 22.8 Å². The molecule has 3 N–H and O–H groups in total. The molecule has 28 heavy (non-hydrogen) atoms. The van der Waals surface area contributed by atoms with E-state index >= 15 is 0 Å². The number of amides is 1. The fraction of sp³-hybridized carbons (Fsp3) is 0.150. The number of aryl methyl sites for hydroxylation is 2. The van der Waals surface area contributed by atoms with Gasteiger partial charge in [-0.1, -0.05) is 6.07 Å². The summed E-state index contributed by atoms with van der Waals surface area (Å²) in [6, 6.07) is 9.07. The first-order valence-corrected chi connectivity index (χ1v) is 8.44. The zero-order valence-electron chi connectivity index (χ0n) is 15.6. The van der Waals surface area contributed by atoms with Gasteiger partial charge in [0.1, 0.15) is 28.7 Å². The van der Waals surface area contributed by atoms with Crippen LogP contribution in [0.1, 0.15) is 21.6 Å². The number of pyridine rings is 2. The molecule has 0 atom stereocenters. The third-order valence-corrected chi connectivity index (χ3v) is 4.14. The Morgan fingerprint density at radius 2 is 1.96 bits per heavy atom. The maximum absolute atomic E-state index is 14.3. The largest absolute Gasteiger partial charge is 0.455 e. The minimum atomic E-state index is -0.833. The molecule has 144 valence electrons. The lowest BCUT2D eigenvalue weighted by Gasteiger charge is -2.18. The van der Waals surface area contributed by atoms with Crippen LogP contribution in [-0.2, 0) is 7.05 Å². The van der Waals surface area contributed by atoms with E-state index in [2.05, 4.69) is 10.3 Å². The van der Waals surface area contributed by atoms with E-state index in [9.17, 15) is 14.0 Å². The van der Waals surface area contributed by atoms with Crippen LogP contribution in [0.4, 0.5) is 15.9 Å². The number of primary amides is 1. The molecule has 3 aromatic rings. The number of rotatable bonds is 5. The maximum atomic E-state index is 14.3. The van der Waals surface area contributed by atoms with Crippen LogP contribution >= 0.6 is 0 Å². The Bertz CT molecular complexity index is 1110. The lowest BCUT2D eigenvalue weighted by molar-refractivity contribution is 0.0998. The summed E-state index contributed by atoms with van der Waals surface area (Å²) < 4.78 is 21.1. The number of nitrogens with zero attached hydrogens (tertiary/aromatic N) is 2. The first kappa shape index (κ1) is 19.1. The summed E-state index contributed by atoms with van der Waals surface area (Å²) in [5, 5.41) is 2.79. The number of nitrogens with two attached hydrogens (primary N) is 1. The predicted octanol–water partition coefficient (Wildman–Crippen LogP) is 3.17. The van der Waals surface area contributed by atoms with Crippen LogP contribution in [0.2, 0.25) is 0 Å². The Morgan fingerprint density at radius 3 is 2.57 bits per heavy atom. The normalized spacial score (nSPS) is 10.6. The highest BCUT2D eigenvalue weighted by molar-refractivity contribution is 6.01. The van der Waals surface area contributed by atoms with Gasteiger partial charge in [-0.05, 0) is 43.7 Å². The SMILES string of the molecule is Cc1ccc(Nc2c(C(N)=O)c(Oc3ccc(C)nc3)cc(=O)n2C)c(F)c1. The summed E-state index contributed by atoms with van der Waals surface area (Å²) in [6.07, 6.45) is 1.46. The van der Waals surface area contributed by atoms with Crippen molar-refractivity contribution in [3.63, 3.8) is 0 Å². The molecule has 1 amide bonds. The summed E-state index contributed by atoms with van der Waals surface area (Å²) in [5.41, 5.74) is 6.61. The Balaban J connectivity index is 2.12. The van der Waals surface area contributed by atoms with Gasteiger partial charge < -0.3 is 15.8 Å². The molecule has 3 rings (SSSR count). The Kier molecular flexibility index (Phi) is 5.12. The van der Waals surface area contributed by atoms with Gasteiger partial charge in [-0.2, -0.15) is 0 Å². The van der Waals surface area contributed by atoms with Crippen molar-refractivity contribution in [2.45, 2.75) is 13.8 Å². The van der Waals surface area contributed by atoms with Crippen LogP contribution in [0.3, 0.4) is 0 Å². The van der Waals surface area contributed by atoms with Crippen LogP contribution in [0.25, 0.3) is 0 Å². The minimum Gasteiger partial charge on any atom is -0.455 e. The zero-order chi connectivity index (χ0) is 20.4. The van der Waals surface area contributed by atoms with E-state index < -0.39 is 17.3 Å². The number of halogens is 1. The van der Waals surface area contributed by atoms with Crippen molar-refractivity contribution in [2.24, 2.45) is 12.8 Å². The number of aromatic nitrogens is 2. The molecule has 0 radical (unpaired) electrons. The van der Waals surface area contributed by atoms with Crippen molar-refractivity contribution < 1.29 is 13.9 Å². The molecule has 0 aliphatic rings. The van der Waals surface area contributed by atoms with Gasteiger partial charge in [-0.25, -0.2) is 4.39 Å². The standard InChI is InChI=1S/C20H19FN4O3/c1-11-4-7-15(14(21)8-11)24-20-18(19(22)27)16(9-17(26)25(20)3)28-13-6-5-12(2)23-10-13/h4-10,24H,1-3H3,(H2,22,27). The molecule has 0 aliphatic carbocycles. The van der Waals surface area contributed by atoms with Crippen LogP contribution in [0.15, 0.2) is 47.4 Å². The number of anilines is 2. The number of benzene rings is 1. The van der Waals surface area contributed by atoms with Crippen LogP contribution in [0.5, 0.6) is 11.5 Å². The number of ether oxygens (including phenoxy) is 1. The van der Waals surface area contributed by atoms with Gasteiger partial charge in [0.15, 0.2) is 0 Å². The summed E-state index contributed by atoms with van der Waals surface area (Å²) >= 11 is 0. The lowest BCUT2D eigenvalue weighted by Crippen LogP contribution is -2.25. The van der Waals surface area contributed by atoms with Crippen molar-refractivity contribution in [3.05, 3.63) is 75.6 Å². The van der Waals surface area contributed by atoms with Gasteiger partial charge in [0.05, 0.1) is 11.9 Å². The molecule has 0 fully saturated rings. The zero-order valence-corrected chi connectivity index (χ0v) is 15.6. The second-order valence-electron chi connectivity index (χ2n) is 6.34. The van der Waals surface area contributed by atoms with E-state index in [1.807, 2.05) is 6.92 Å². The first-order valence-electron chi connectivity index (χ1n) is 8.44. The quantitative estimate of drug-likeness (QED) is 0.706. The Morgan fingerprint density at radius 1 is 1.21 bits per heavy atom. The molecule has 1 aromatic carbocycles. The summed E-state index contributed by atoms with van der Waals surface area (Å²) in [6.45, 7) is 3.57. The van der Waals surface area contributed by atoms with Crippen molar-refractivity contribution >= 4 is 17.4 Å². The van der Waals surface area contributed by atoms with Crippen molar-refractivity contribution in [3.8, 4) is 11.5 Å². The molecular formula is C20H19FN4O3. The van der Waals surface area contributed by atoms with E-state index in [0.29, 0.717) is 5.75 Å². The fourth-order valence-electron chi connectivity index (χ4n) is 2.63. The number of carbonyl (C=O) groups excluding carboxylic acids is 1. The molecule has 0 aliphatic heterocycles. The van der Waals surface area contributed by atoms with Crippen LogP contribution < -0.4 is 21.3 Å². The monoisotopic (exact) mass is 382 g/mol. The van der Waals surface area contributed by atoms with Crippen molar-refractivity contribution in [1.82, 2.24) is 9.55 Å². The molecule has 0 saturated carbocycles. The van der Waals surface area contributed by atoms with Crippen LogP contribution in [-0.4, -0.2) is 15.5 Å². The summed E-state index contributed by atoms with van der Waals surface area (Å²) in [5.74, 6) is -1.06. The first-order chi connectivity index (χ1) is 13.3. The molecule has 0 spiro atoms. The van der Waals surface area contributed by atoms with Gasteiger partial charge in [-0.3, -0.25) is 19.1 Å². The number of hydrogen-bond acceptors (Lipinski definition) is 5. The molecule has 0 saturated heterocycles. The number of hydrogen-bond donors (Lipinski definition) is 2. The molecule has 0 unspecified atom stereocenters. The van der Waals surface area contributed by atoms with E-state index in [1.165, 1.54) is 29.9 Å². The second kappa shape index (κ2) is 7.51. The van der Waals surface area contributed by atoms with Gasteiger partial charge in [0, 0.05) is 18.8 Å². The van der Waals surface area contributed by atoms with Crippen molar-refractivity contribution in [1.29, 1.82) is 0 Å². The second-order valence-corrected chi connectivity index (χ2v) is 6.34. The van der Waals surface area contributed by atoms with Gasteiger partial charge in [-0.15, -0.1) is 0 Å². The minimum absolute atomic E-state index is 0.0258. The van der Waals surface area contributed by atoms with Crippen molar-refractivity contribution in [2.75, 3.05) is 5.32 Å². The van der Waals surface area contributed by atoms with Gasteiger partial charge in [0.2, 0.25) is 0 Å². The Labute approximate surface area is 160 Å².